The van der Waals surface area contributed by atoms with Crippen LogP contribution in [0.2, 0.25) is 10.0 Å². The van der Waals surface area contributed by atoms with Crippen LogP contribution in [0.4, 0.5) is 13.2 Å². The molecule has 1 aromatic heterocycles. The molecule has 1 saturated carbocycles. The van der Waals surface area contributed by atoms with Gasteiger partial charge in [-0.25, -0.2) is 4.68 Å². The van der Waals surface area contributed by atoms with E-state index in [0.29, 0.717) is 0 Å². The van der Waals surface area contributed by atoms with Gasteiger partial charge >= 0.3 is 6.18 Å². The molecule has 1 aromatic carbocycles. The third kappa shape index (κ3) is 2.99. The predicted molar refractivity (Wildman–Crippen MR) is 80.4 cm³/mol. The van der Waals surface area contributed by atoms with Gasteiger partial charge in [0.15, 0.2) is 11.5 Å². The highest BCUT2D eigenvalue weighted by Gasteiger charge is 2.34. The lowest BCUT2D eigenvalue weighted by molar-refractivity contribution is -0.137. The van der Waals surface area contributed by atoms with Gasteiger partial charge in [-0.3, -0.25) is 4.79 Å². The maximum Gasteiger partial charge on any atom is 0.416 e. The van der Waals surface area contributed by atoms with Gasteiger partial charge in [0.2, 0.25) is 0 Å². The molecule has 3 rings (SSSR count). The summed E-state index contributed by atoms with van der Waals surface area (Å²) in [7, 11) is 0. The van der Waals surface area contributed by atoms with Crippen molar-refractivity contribution in [2.45, 2.75) is 19.0 Å². The number of Topliss-reactive ketones (excluding diaryl/α,β-unsaturated/α-hetero) is 1. The Morgan fingerprint density at radius 1 is 1.29 bits per heavy atom. The Hall–Kier alpha value is -2.04. The highest BCUT2D eigenvalue weighted by atomic mass is 35.5. The molecule has 0 radical (unpaired) electrons. The van der Waals surface area contributed by atoms with E-state index in [-0.39, 0.29) is 38.7 Å². The summed E-state index contributed by atoms with van der Waals surface area (Å²) in [5, 5.41) is 12.5. The zero-order valence-corrected chi connectivity index (χ0v) is 13.4. The molecule has 0 aliphatic heterocycles. The molecule has 2 aromatic rings. The number of rotatable bonds is 3. The highest BCUT2D eigenvalue weighted by Crippen LogP contribution is 2.38. The molecule has 1 heterocycles. The zero-order valence-electron chi connectivity index (χ0n) is 11.9. The lowest BCUT2D eigenvalue weighted by Gasteiger charge is -2.12. The summed E-state index contributed by atoms with van der Waals surface area (Å²) in [6, 6.07) is 3.25. The minimum Gasteiger partial charge on any atom is -0.294 e. The van der Waals surface area contributed by atoms with E-state index in [9.17, 15) is 18.0 Å². The number of aromatic nitrogens is 2. The smallest absolute Gasteiger partial charge is 0.294 e. The Kier molecular flexibility index (Phi) is 4.06. The van der Waals surface area contributed by atoms with Gasteiger partial charge in [-0.15, -0.1) is 0 Å². The first-order valence-corrected chi connectivity index (χ1v) is 7.58. The van der Waals surface area contributed by atoms with E-state index in [0.717, 1.165) is 29.7 Å². The predicted octanol–water partition coefficient (Wildman–Crippen LogP) is 4.66. The Balaban J connectivity index is 2.10. The average Bonchev–Trinajstić information content (AvgIpc) is 3.25. The van der Waals surface area contributed by atoms with Crippen molar-refractivity contribution in [2.24, 2.45) is 5.92 Å². The van der Waals surface area contributed by atoms with Crippen LogP contribution in [0.25, 0.3) is 5.69 Å². The van der Waals surface area contributed by atoms with Crippen molar-refractivity contribution in [3.63, 3.8) is 0 Å². The summed E-state index contributed by atoms with van der Waals surface area (Å²) < 4.78 is 39.4. The van der Waals surface area contributed by atoms with Gasteiger partial charge < -0.3 is 0 Å². The molecule has 0 saturated heterocycles. The molecule has 24 heavy (non-hydrogen) atoms. The molecule has 0 N–H and O–H groups in total. The largest absolute Gasteiger partial charge is 0.416 e. The minimum atomic E-state index is -4.60. The van der Waals surface area contributed by atoms with Crippen molar-refractivity contribution < 1.29 is 18.0 Å². The fraction of sp³-hybridized carbons (Fsp3) is 0.267. The van der Waals surface area contributed by atoms with Crippen LogP contribution in [0.15, 0.2) is 18.3 Å². The van der Waals surface area contributed by atoms with Crippen LogP contribution in [0, 0.1) is 17.2 Å². The standard InChI is InChI=1S/C15H8Cl2F3N3O/c16-10-3-8(15(18,19)20)4-11(17)13(10)23-6-9(12(5-21)22-23)14(24)7-1-2-7/h3-4,6-7H,1-2H2. The van der Waals surface area contributed by atoms with Crippen LogP contribution in [0.1, 0.15) is 34.5 Å². The maximum absolute atomic E-state index is 12.8. The van der Waals surface area contributed by atoms with Crippen molar-refractivity contribution in [3.8, 4) is 11.8 Å². The molecule has 124 valence electrons. The monoisotopic (exact) mass is 373 g/mol. The summed E-state index contributed by atoms with van der Waals surface area (Å²) in [6.45, 7) is 0. The first-order valence-electron chi connectivity index (χ1n) is 6.83. The zero-order chi connectivity index (χ0) is 17.6. The van der Waals surface area contributed by atoms with Crippen LogP contribution in [-0.4, -0.2) is 15.6 Å². The number of nitriles is 1. The SMILES string of the molecule is N#Cc1nn(-c2c(Cl)cc(C(F)(F)F)cc2Cl)cc1C(=O)C1CC1. The number of benzene rings is 1. The van der Waals surface area contributed by atoms with Crippen molar-refractivity contribution >= 4 is 29.0 Å². The number of halogens is 5. The van der Waals surface area contributed by atoms with E-state index in [1.54, 1.807) is 6.07 Å². The first-order chi connectivity index (χ1) is 11.2. The average molecular weight is 374 g/mol. The number of nitrogens with zero attached hydrogens (tertiary/aromatic N) is 3. The fourth-order valence-corrected chi connectivity index (χ4v) is 2.93. The van der Waals surface area contributed by atoms with Gasteiger partial charge in [-0.1, -0.05) is 23.2 Å². The van der Waals surface area contributed by atoms with E-state index in [2.05, 4.69) is 5.10 Å². The van der Waals surface area contributed by atoms with Crippen molar-refractivity contribution in [1.29, 1.82) is 5.26 Å². The summed E-state index contributed by atoms with van der Waals surface area (Å²) in [5.41, 5.74) is -1.01. The van der Waals surface area contributed by atoms with E-state index < -0.39 is 11.7 Å². The van der Waals surface area contributed by atoms with Gasteiger partial charge in [0.25, 0.3) is 0 Å². The lowest BCUT2D eigenvalue weighted by Crippen LogP contribution is -2.07. The third-order valence-corrected chi connectivity index (χ3v) is 4.18. The second-order valence-corrected chi connectivity index (χ2v) is 6.19. The van der Waals surface area contributed by atoms with Gasteiger partial charge in [0.1, 0.15) is 11.8 Å². The van der Waals surface area contributed by atoms with Crippen LogP contribution in [-0.2, 0) is 6.18 Å². The molecule has 0 unspecified atom stereocenters. The topological polar surface area (TPSA) is 58.7 Å². The van der Waals surface area contributed by atoms with Gasteiger partial charge in [0, 0.05) is 12.1 Å². The van der Waals surface area contributed by atoms with E-state index >= 15 is 0 Å². The summed E-state index contributed by atoms with van der Waals surface area (Å²) in [4.78, 5) is 12.2. The Morgan fingerprint density at radius 2 is 1.88 bits per heavy atom. The number of ketones is 1. The molecule has 4 nitrogen and oxygen atoms in total. The molecule has 0 bridgehead atoms. The van der Waals surface area contributed by atoms with Crippen LogP contribution >= 0.6 is 23.2 Å². The van der Waals surface area contributed by atoms with Crippen LogP contribution < -0.4 is 0 Å². The Morgan fingerprint density at radius 3 is 2.33 bits per heavy atom. The second kappa shape index (κ2) is 5.80. The van der Waals surface area contributed by atoms with Gasteiger partial charge in [-0.05, 0) is 25.0 Å². The van der Waals surface area contributed by atoms with E-state index in [4.69, 9.17) is 28.5 Å². The quantitative estimate of drug-likeness (QED) is 0.735. The molecule has 0 atom stereocenters. The first kappa shape index (κ1) is 16.8. The number of hydrogen-bond donors (Lipinski definition) is 0. The van der Waals surface area contributed by atoms with Crippen LogP contribution in [0.3, 0.4) is 0 Å². The van der Waals surface area contributed by atoms with Crippen molar-refractivity contribution in [1.82, 2.24) is 9.78 Å². The number of alkyl halides is 3. The molecule has 9 heteroatoms. The maximum atomic E-state index is 12.8. The molecule has 0 spiro atoms. The molecule has 1 aliphatic carbocycles. The van der Waals surface area contributed by atoms with Crippen molar-refractivity contribution in [2.75, 3.05) is 0 Å². The molecule has 1 fully saturated rings. The van der Waals surface area contributed by atoms with Gasteiger partial charge in [-0.2, -0.15) is 23.5 Å². The van der Waals surface area contributed by atoms with E-state index in [1.165, 1.54) is 6.20 Å². The molecule has 1 aliphatic rings. The van der Waals surface area contributed by atoms with Gasteiger partial charge in [0.05, 0.1) is 21.2 Å². The summed E-state index contributed by atoms with van der Waals surface area (Å²) >= 11 is 11.8. The lowest BCUT2D eigenvalue weighted by atomic mass is 10.1. The second-order valence-electron chi connectivity index (χ2n) is 5.37. The molecular formula is C15H8Cl2F3N3O. The number of carbonyl (C=O) groups is 1. The summed E-state index contributed by atoms with van der Waals surface area (Å²) in [6.07, 6.45) is -1.83. The normalized spacial score (nSPS) is 14.5. The minimum absolute atomic E-state index is 0.0160. The van der Waals surface area contributed by atoms with E-state index in [1.807, 2.05) is 0 Å². The summed E-state index contributed by atoms with van der Waals surface area (Å²) in [5.74, 6) is -0.342. The molecule has 0 amide bonds. The third-order valence-electron chi connectivity index (χ3n) is 3.61. The Labute approximate surface area is 144 Å². The fourth-order valence-electron chi connectivity index (χ4n) is 2.26. The highest BCUT2D eigenvalue weighted by molar-refractivity contribution is 6.37. The number of carbonyl (C=O) groups excluding carboxylic acids is 1. The van der Waals surface area contributed by atoms with Crippen LogP contribution in [0.5, 0.6) is 0 Å². The molecular weight excluding hydrogens is 366 g/mol. The number of hydrogen-bond acceptors (Lipinski definition) is 3. The van der Waals surface area contributed by atoms with Crippen molar-refractivity contribution in [3.05, 3.63) is 45.2 Å². The Bertz CT molecular complexity index is 856.